The van der Waals surface area contributed by atoms with Gasteiger partial charge in [-0.05, 0) is 31.2 Å². The number of esters is 1. The van der Waals surface area contributed by atoms with Crippen LogP contribution in [0.3, 0.4) is 0 Å². The van der Waals surface area contributed by atoms with E-state index in [2.05, 4.69) is 5.32 Å². The van der Waals surface area contributed by atoms with E-state index < -0.39 is 12.0 Å². The number of urea groups is 1. The first-order valence-corrected chi connectivity index (χ1v) is 5.55. The van der Waals surface area contributed by atoms with Gasteiger partial charge in [-0.1, -0.05) is 0 Å². The van der Waals surface area contributed by atoms with Crippen molar-refractivity contribution in [3.8, 4) is 0 Å². The highest BCUT2D eigenvalue weighted by Gasteiger charge is 2.06. The molecule has 0 spiro atoms. The maximum absolute atomic E-state index is 11.6. The number of hydrogen-bond donors (Lipinski definition) is 2. The van der Waals surface area contributed by atoms with Gasteiger partial charge >= 0.3 is 12.0 Å². The zero-order valence-electron chi connectivity index (χ0n) is 10.1. The number of nitrogens with two attached hydrogens (primary N) is 1. The normalized spacial score (nSPS) is 9.83. The second-order valence-corrected chi connectivity index (χ2v) is 3.40. The third-order valence-corrected chi connectivity index (χ3v) is 2.05. The molecular formula is C12H16N2O4. The fourth-order valence-corrected chi connectivity index (χ4v) is 1.25. The lowest BCUT2D eigenvalue weighted by Crippen LogP contribution is -2.19. The van der Waals surface area contributed by atoms with Gasteiger partial charge in [0, 0.05) is 12.3 Å². The Balaban J connectivity index is 2.46. The van der Waals surface area contributed by atoms with Gasteiger partial charge in [-0.3, -0.25) is 0 Å². The van der Waals surface area contributed by atoms with E-state index in [9.17, 15) is 9.59 Å². The Kier molecular flexibility index (Phi) is 5.66. The summed E-state index contributed by atoms with van der Waals surface area (Å²) in [6, 6.07) is 5.60. The lowest BCUT2D eigenvalue weighted by Gasteiger charge is -2.06. The number of amides is 2. The minimum absolute atomic E-state index is 0.216. The van der Waals surface area contributed by atoms with Gasteiger partial charge in [0.15, 0.2) is 0 Å². The van der Waals surface area contributed by atoms with Gasteiger partial charge in [0.2, 0.25) is 0 Å². The van der Waals surface area contributed by atoms with Crippen molar-refractivity contribution in [2.75, 3.05) is 25.1 Å². The summed E-state index contributed by atoms with van der Waals surface area (Å²) in [5, 5.41) is 2.40. The highest BCUT2D eigenvalue weighted by molar-refractivity contribution is 5.91. The fraction of sp³-hybridized carbons (Fsp3) is 0.333. The van der Waals surface area contributed by atoms with Crippen molar-refractivity contribution in [1.29, 1.82) is 0 Å². The van der Waals surface area contributed by atoms with Crippen LogP contribution in [0.4, 0.5) is 10.5 Å². The summed E-state index contributed by atoms with van der Waals surface area (Å²) in [5.74, 6) is -0.430. The van der Waals surface area contributed by atoms with Crippen LogP contribution in [0.25, 0.3) is 0 Å². The van der Waals surface area contributed by atoms with Crippen LogP contribution >= 0.6 is 0 Å². The van der Waals surface area contributed by atoms with Gasteiger partial charge in [0.1, 0.15) is 6.61 Å². The summed E-state index contributed by atoms with van der Waals surface area (Å²) in [6.07, 6.45) is 0. The highest BCUT2D eigenvalue weighted by atomic mass is 16.6. The summed E-state index contributed by atoms with van der Waals surface area (Å²) in [5.41, 5.74) is 5.89. The molecule has 0 aromatic heterocycles. The molecule has 0 atom stereocenters. The molecule has 6 nitrogen and oxygen atoms in total. The van der Waals surface area contributed by atoms with Crippen molar-refractivity contribution in [3.05, 3.63) is 29.8 Å². The molecule has 0 unspecified atom stereocenters. The Morgan fingerprint density at radius 1 is 1.22 bits per heavy atom. The minimum atomic E-state index is -0.651. The van der Waals surface area contributed by atoms with Gasteiger partial charge in [0.25, 0.3) is 0 Å². The van der Waals surface area contributed by atoms with Gasteiger partial charge in [0.05, 0.1) is 12.2 Å². The number of rotatable bonds is 6. The van der Waals surface area contributed by atoms with Gasteiger partial charge in [-0.15, -0.1) is 0 Å². The Morgan fingerprint density at radius 2 is 1.89 bits per heavy atom. The molecule has 1 rings (SSSR count). The summed E-state index contributed by atoms with van der Waals surface area (Å²) in [6.45, 7) is 3.05. The van der Waals surface area contributed by atoms with Crippen molar-refractivity contribution in [2.45, 2.75) is 6.92 Å². The van der Waals surface area contributed by atoms with Gasteiger partial charge < -0.3 is 20.5 Å². The SMILES string of the molecule is CCOCCOC(=O)c1ccc(NC(N)=O)cc1. The maximum Gasteiger partial charge on any atom is 0.338 e. The monoisotopic (exact) mass is 252 g/mol. The number of primary amides is 1. The zero-order chi connectivity index (χ0) is 13.4. The molecule has 0 heterocycles. The van der Waals surface area contributed by atoms with E-state index in [1.54, 1.807) is 24.3 Å². The Labute approximate surface area is 105 Å². The molecule has 0 saturated carbocycles. The van der Waals surface area contributed by atoms with E-state index in [4.69, 9.17) is 15.2 Å². The standard InChI is InChI=1S/C12H16N2O4/c1-2-17-7-8-18-11(15)9-3-5-10(6-4-9)14-12(13)16/h3-6H,2,7-8H2,1H3,(H3,13,14,16). The molecule has 0 radical (unpaired) electrons. The topological polar surface area (TPSA) is 90.7 Å². The van der Waals surface area contributed by atoms with Crippen LogP contribution in [0.2, 0.25) is 0 Å². The van der Waals surface area contributed by atoms with Crippen molar-refractivity contribution < 1.29 is 19.1 Å². The van der Waals surface area contributed by atoms with E-state index in [0.29, 0.717) is 24.5 Å². The molecule has 0 fully saturated rings. The molecule has 3 N–H and O–H groups in total. The number of ether oxygens (including phenoxy) is 2. The van der Waals surface area contributed by atoms with Crippen molar-refractivity contribution in [3.63, 3.8) is 0 Å². The number of benzene rings is 1. The summed E-state index contributed by atoms with van der Waals surface area (Å²) >= 11 is 0. The summed E-state index contributed by atoms with van der Waals surface area (Å²) in [4.78, 5) is 22.1. The molecule has 98 valence electrons. The molecule has 0 aliphatic heterocycles. The van der Waals surface area contributed by atoms with Crippen molar-refractivity contribution >= 4 is 17.7 Å². The largest absolute Gasteiger partial charge is 0.460 e. The first-order valence-electron chi connectivity index (χ1n) is 5.55. The number of hydrogen-bond acceptors (Lipinski definition) is 4. The third kappa shape index (κ3) is 4.84. The van der Waals surface area contributed by atoms with Crippen LogP contribution in [0, 0.1) is 0 Å². The molecule has 2 amide bonds. The lowest BCUT2D eigenvalue weighted by atomic mass is 10.2. The minimum Gasteiger partial charge on any atom is -0.460 e. The van der Waals surface area contributed by atoms with E-state index in [1.165, 1.54) is 0 Å². The maximum atomic E-state index is 11.6. The van der Waals surface area contributed by atoms with E-state index in [0.717, 1.165) is 0 Å². The van der Waals surface area contributed by atoms with Gasteiger partial charge in [-0.2, -0.15) is 0 Å². The average molecular weight is 252 g/mol. The third-order valence-electron chi connectivity index (χ3n) is 2.05. The molecule has 1 aromatic rings. The number of nitrogens with one attached hydrogen (secondary N) is 1. The average Bonchev–Trinajstić information content (AvgIpc) is 2.34. The fourth-order valence-electron chi connectivity index (χ4n) is 1.25. The summed E-state index contributed by atoms with van der Waals surface area (Å²) < 4.78 is 10.0. The van der Waals surface area contributed by atoms with E-state index in [1.807, 2.05) is 6.92 Å². The zero-order valence-corrected chi connectivity index (χ0v) is 10.1. The number of carbonyl (C=O) groups is 2. The van der Waals surface area contributed by atoms with Crippen LogP contribution < -0.4 is 11.1 Å². The lowest BCUT2D eigenvalue weighted by molar-refractivity contribution is 0.0335. The molecule has 0 aliphatic rings. The Bertz CT molecular complexity index is 403. The predicted octanol–water partition coefficient (Wildman–Crippen LogP) is 1.37. The van der Waals surface area contributed by atoms with E-state index >= 15 is 0 Å². The van der Waals surface area contributed by atoms with Crippen LogP contribution in [0.1, 0.15) is 17.3 Å². The second kappa shape index (κ2) is 7.29. The number of carbonyl (C=O) groups excluding carboxylic acids is 2. The molecule has 18 heavy (non-hydrogen) atoms. The Morgan fingerprint density at radius 3 is 2.44 bits per heavy atom. The predicted molar refractivity (Wildman–Crippen MR) is 66.4 cm³/mol. The molecule has 0 aliphatic carbocycles. The molecule has 0 saturated heterocycles. The molecule has 6 heteroatoms. The van der Waals surface area contributed by atoms with Gasteiger partial charge in [-0.25, -0.2) is 9.59 Å². The van der Waals surface area contributed by atoms with Crippen LogP contribution in [-0.4, -0.2) is 31.8 Å². The molecular weight excluding hydrogens is 236 g/mol. The quantitative estimate of drug-likeness (QED) is 0.591. The smallest absolute Gasteiger partial charge is 0.338 e. The molecule has 0 bridgehead atoms. The Hall–Kier alpha value is -2.08. The second-order valence-electron chi connectivity index (χ2n) is 3.40. The van der Waals surface area contributed by atoms with Crippen LogP contribution in [-0.2, 0) is 9.47 Å². The van der Waals surface area contributed by atoms with Crippen LogP contribution in [0.5, 0.6) is 0 Å². The summed E-state index contributed by atoms with van der Waals surface area (Å²) in [7, 11) is 0. The van der Waals surface area contributed by atoms with Crippen molar-refractivity contribution in [1.82, 2.24) is 0 Å². The van der Waals surface area contributed by atoms with E-state index in [-0.39, 0.29) is 6.61 Å². The first kappa shape index (κ1) is 14.0. The number of anilines is 1. The first-order chi connectivity index (χ1) is 8.63. The van der Waals surface area contributed by atoms with Crippen molar-refractivity contribution in [2.24, 2.45) is 5.73 Å². The molecule has 1 aromatic carbocycles. The highest BCUT2D eigenvalue weighted by Crippen LogP contribution is 2.10. The van der Waals surface area contributed by atoms with Crippen LogP contribution in [0.15, 0.2) is 24.3 Å².